The molecule has 24 heavy (non-hydrogen) atoms. The van der Waals surface area contributed by atoms with Gasteiger partial charge in [-0.3, -0.25) is 9.89 Å². The molecule has 1 aliphatic rings. The first-order chi connectivity index (χ1) is 11.7. The van der Waals surface area contributed by atoms with Crippen LogP contribution in [-0.2, 0) is 0 Å². The first-order valence-electron chi connectivity index (χ1n) is 7.93. The minimum absolute atomic E-state index is 0.0937. The van der Waals surface area contributed by atoms with Gasteiger partial charge in [-0.2, -0.15) is 5.10 Å². The van der Waals surface area contributed by atoms with E-state index < -0.39 is 5.82 Å². The second kappa shape index (κ2) is 5.99. The average Bonchev–Trinajstić information content (AvgIpc) is 3.06. The summed E-state index contributed by atoms with van der Waals surface area (Å²) in [6.07, 6.45) is 5.01. The van der Waals surface area contributed by atoms with Gasteiger partial charge >= 0.3 is 0 Å². The van der Waals surface area contributed by atoms with Crippen molar-refractivity contribution >= 4 is 17.1 Å². The first-order valence-corrected chi connectivity index (χ1v) is 7.93. The van der Waals surface area contributed by atoms with Crippen LogP contribution in [0, 0.1) is 5.82 Å². The zero-order valence-electron chi connectivity index (χ0n) is 12.9. The summed E-state index contributed by atoms with van der Waals surface area (Å²) in [5, 5.41) is 7.18. The fourth-order valence-corrected chi connectivity index (χ4v) is 3.26. The fourth-order valence-electron chi connectivity index (χ4n) is 3.26. The van der Waals surface area contributed by atoms with Gasteiger partial charge in [0.25, 0.3) is 5.91 Å². The number of aromatic nitrogens is 4. The first kappa shape index (κ1) is 14.7. The Morgan fingerprint density at radius 1 is 1.25 bits per heavy atom. The van der Waals surface area contributed by atoms with E-state index >= 15 is 0 Å². The molecule has 1 amide bonds. The number of amides is 1. The van der Waals surface area contributed by atoms with Crippen LogP contribution in [0.15, 0.2) is 36.7 Å². The van der Waals surface area contributed by atoms with Crippen molar-refractivity contribution in [2.75, 3.05) is 13.1 Å². The smallest absolute Gasteiger partial charge is 0.256 e. The standard InChI is InChI=1S/C17H16FN5O/c18-13-6-2-1-5-12(13)17(24)23-9-3-4-11(10-23)14-15-16(22-21-14)20-8-7-19-15/h1-2,5-8,11H,3-4,9-10H2,(H,20,21,22)/t11-/m0/s1. The Kier molecular flexibility index (Phi) is 3.68. The Morgan fingerprint density at radius 3 is 2.96 bits per heavy atom. The van der Waals surface area contributed by atoms with E-state index in [0.29, 0.717) is 18.7 Å². The van der Waals surface area contributed by atoms with Crippen LogP contribution in [0.25, 0.3) is 11.2 Å². The van der Waals surface area contributed by atoms with Crippen molar-refractivity contribution in [3.8, 4) is 0 Å². The van der Waals surface area contributed by atoms with Crippen LogP contribution >= 0.6 is 0 Å². The summed E-state index contributed by atoms with van der Waals surface area (Å²) in [7, 11) is 0. The largest absolute Gasteiger partial charge is 0.338 e. The lowest BCUT2D eigenvalue weighted by Crippen LogP contribution is -2.39. The van der Waals surface area contributed by atoms with Gasteiger partial charge in [-0.15, -0.1) is 0 Å². The highest BCUT2D eigenvalue weighted by Crippen LogP contribution is 2.29. The highest BCUT2D eigenvalue weighted by molar-refractivity contribution is 5.94. The molecule has 6 nitrogen and oxygen atoms in total. The Balaban J connectivity index is 1.60. The predicted molar refractivity (Wildman–Crippen MR) is 86.0 cm³/mol. The lowest BCUT2D eigenvalue weighted by atomic mass is 9.93. The number of rotatable bonds is 2. The maximum absolute atomic E-state index is 13.9. The number of carbonyl (C=O) groups is 1. The van der Waals surface area contributed by atoms with E-state index in [9.17, 15) is 9.18 Å². The molecule has 0 unspecified atom stereocenters. The van der Waals surface area contributed by atoms with Crippen LogP contribution in [0.1, 0.15) is 34.8 Å². The van der Waals surface area contributed by atoms with Crippen LogP contribution in [0.4, 0.5) is 4.39 Å². The Hall–Kier alpha value is -2.83. The monoisotopic (exact) mass is 325 g/mol. The number of H-pyrrole nitrogens is 1. The molecule has 1 aliphatic heterocycles. The number of nitrogens with one attached hydrogen (secondary N) is 1. The molecule has 0 aliphatic carbocycles. The molecule has 0 radical (unpaired) electrons. The molecule has 1 aromatic carbocycles. The second-order valence-electron chi connectivity index (χ2n) is 5.94. The molecule has 2 aromatic heterocycles. The van der Waals surface area contributed by atoms with Crippen molar-refractivity contribution in [1.82, 2.24) is 25.1 Å². The lowest BCUT2D eigenvalue weighted by molar-refractivity contribution is 0.0701. The number of benzene rings is 1. The molecule has 0 bridgehead atoms. The van der Waals surface area contributed by atoms with Crippen LogP contribution in [0.5, 0.6) is 0 Å². The van der Waals surface area contributed by atoms with Gasteiger partial charge in [0.1, 0.15) is 11.3 Å². The predicted octanol–water partition coefficient (Wildman–Crippen LogP) is 2.51. The fraction of sp³-hybridized carbons (Fsp3) is 0.294. The summed E-state index contributed by atoms with van der Waals surface area (Å²) in [6.45, 7) is 1.14. The normalized spacial score (nSPS) is 18.0. The maximum Gasteiger partial charge on any atom is 0.256 e. The third-order valence-corrected chi connectivity index (χ3v) is 4.44. The zero-order chi connectivity index (χ0) is 16.5. The summed E-state index contributed by atoms with van der Waals surface area (Å²) in [5.74, 6) is -0.661. The highest BCUT2D eigenvalue weighted by atomic mass is 19.1. The van der Waals surface area contributed by atoms with Gasteiger partial charge in [0.05, 0.1) is 11.3 Å². The summed E-state index contributed by atoms with van der Waals surface area (Å²) in [6, 6.07) is 6.10. The summed E-state index contributed by atoms with van der Waals surface area (Å²) >= 11 is 0. The van der Waals surface area contributed by atoms with Gasteiger partial charge < -0.3 is 4.90 Å². The van der Waals surface area contributed by atoms with Crippen molar-refractivity contribution in [3.63, 3.8) is 0 Å². The summed E-state index contributed by atoms with van der Waals surface area (Å²) < 4.78 is 13.9. The Bertz CT molecular complexity index is 893. The van der Waals surface area contributed by atoms with Gasteiger partial charge in [0.2, 0.25) is 0 Å². The maximum atomic E-state index is 13.9. The van der Waals surface area contributed by atoms with Gasteiger partial charge in [-0.25, -0.2) is 14.4 Å². The van der Waals surface area contributed by atoms with Crippen LogP contribution in [-0.4, -0.2) is 44.1 Å². The molecule has 0 spiro atoms. The molecule has 1 saturated heterocycles. The van der Waals surface area contributed by atoms with E-state index in [1.165, 1.54) is 12.1 Å². The van der Waals surface area contributed by atoms with Crippen molar-refractivity contribution < 1.29 is 9.18 Å². The van der Waals surface area contributed by atoms with Crippen LogP contribution in [0.3, 0.4) is 0 Å². The lowest BCUT2D eigenvalue weighted by Gasteiger charge is -2.32. The number of likely N-dealkylation sites (tertiary alicyclic amines) is 1. The molecule has 3 heterocycles. The van der Waals surface area contributed by atoms with E-state index in [1.807, 2.05) is 0 Å². The minimum Gasteiger partial charge on any atom is -0.338 e. The van der Waals surface area contributed by atoms with Gasteiger partial charge in [0, 0.05) is 31.4 Å². The number of aromatic amines is 1. The molecule has 1 fully saturated rings. The van der Waals surface area contributed by atoms with Crippen LogP contribution < -0.4 is 0 Å². The second-order valence-corrected chi connectivity index (χ2v) is 5.94. The molecular weight excluding hydrogens is 309 g/mol. The van der Waals surface area contributed by atoms with E-state index in [2.05, 4.69) is 20.2 Å². The number of piperidine rings is 1. The van der Waals surface area contributed by atoms with Gasteiger partial charge in [-0.1, -0.05) is 12.1 Å². The van der Waals surface area contributed by atoms with E-state index in [-0.39, 0.29) is 17.4 Å². The Labute approximate surface area is 137 Å². The SMILES string of the molecule is O=C(c1ccccc1F)N1CCC[C@H](c2[nH]nc3nccnc23)C1. The quantitative estimate of drug-likeness (QED) is 0.785. The van der Waals surface area contributed by atoms with Crippen molar-refractivity contribution in [1.29, 1.82) is 0 Å². The third kappa shape index (κ3) is 2.51. The summed E-state index contributed by atoms with van der Waals surface area (Å²) in [5.41, 5.74) is 2.32. The highest BCUT2D eigenvalue weighted by Gasteiger charge is 2.29. The average molecular weight is 325 g/mol. The van der Waals surface area contributed by atoms with Gasteiger partial charge in [0.15, 0.2) is 5.65 Å². The number of halogens is 1. The number of hydrogen-bond donors (Lipinski definition) is 1. The van der Waals surface area contributed by atoms with Crippen molar-refractivity contribution in [2.45, 2.75) is 18.8 Å². The number of hydrogen-bond acceptors (Lipinski definition) is 4. The van der Waals surface area contributed by atoms with Crippen molar-refractivity contribution in [3.05, 3.63) is 53.7 Å². The zero-order valence-corrected chi connectivity index (χ0v) is 12.9. The molecule has 122 valence electrons. The molecule has 1 atom stereocenters. The molecular formula is C17H16FN5O. The minimum atomic E-state index is -0.484. The molecule has 4 rings (SSSR count). The molecule has 7 heteroatoms. The molecule has 1 N–H and O–H groups in total. The number of carbonyl (C=O) groups excluding carboxylic acids is 1. The van der Waals surface area contributed by atoms with E-state index in [1.54, 1.807) is 29.4 Å². The topological polar surface area (TPSA) is 74.8 Å². The Morgan fingerprint density at radius 2 is 2.08 bits per heavy atom. The molecule has 0 saturated carbocycles. The number of fused-ring (bicyclic) bond motifs is 1. The van der Waals surface area contributed by atoms with Crippen molar-refractivity contribution in [2.24, 2.45) is 0 Å². The number of nitrogens with zero attached hydrogens (tertiary/aromatic N) is 4. The summed E-state index contributed by atoms with van der Waals surface area (Å²) in [4.78, 5) is 22.8. The van der Waals surface area contributed by atoms with E-state index in [4.69, 9.17) is 0 Å². The van der Waals surface area contributed by atoms with Gasteiger partial charge in [-0.05, 0) is 25.0 Å². The third-order valence-electron chi connectivity index (χ3n) is 4.44. The van der Waals surface area contributed by atoms with Crippen LogP contribution in [0.2, 0.25) is 0 Å². The molecule has 3 aromatic rings. The van der Waals surface area contributed by atoms with E-state index in [0.717, 1.165) is 24.1 Å².